The highest BCUT2D eigenvalue weighted by Crippen LogP contribution is 2.32. The van der Waals surface area contributed by atoms with Crippen LogP contribution in [0.4, 0.5) is 8.78 Å². The molecular weight excluding hydrogens is 468 g/mol. The number of carbonyl (C=O) groups excluding carboxylic acids is 3. The zero-order valence-corrected chi connectivity index (χ0v) is 21.4. The van der Waals surface area contributed by atoms with Gasteiger partial charge in [0, 0.05) is 23.6 Å². The first-order valence-electron chi connectivity index (χ1n) is 12.2. The van der Waals surface area contributed by atoms with E-state index in [2.05, 4.69) is 0 Å². The average Bonchev–Trinajstić information content (AvgIpc) is 3.34. The van der Waals surface area contributed by atoms with Crippen molar-refractivity contribution in [3.8, 4) is 0 Å². The number of thioether (sulfide) groups is 1. The van der Waals surface area contributed by atoms with E-state index < -0.39 is 23.1 Å². The van der Waals surface area contributed by atoms with Crippen LogP contribution in [0, 0.1) is 17.0 Å². The van der Waals surface area contributed by atoms with Gasteiger partial charge >= 0.3 is 0 Å². The Kier molecular flexibility index (Phi) is 9.22. The molecule has 1 atom stereocenters. The number of amides is 1. The van der Waals surface area contributed by atoms with Gasteiger partial charge in [0.05, 0.1) is 0 Å². The quantitative estimate of drug-likeness (QED) is 0.290. The van der Waals surface area contributed by atoms with E-state index >= 15 is 0 Å². The second-order valence-corrected chi connectivity index (χ2v) is 10.8. The van der Waals surface area contributed by atoms with Crippen molar-refractivity contribution in [2.75, 3.05) is 12.3 Å². The van der Waals surface area contributed by atoms with Gasteiger partial charge in [-0.25, -0.2) is 8.78 Å². The lowest BCUT2D eigenvalue weighted by Crippen LogP contribution is -2.47. The molecule has 1 fully saturated rings. The molecule has 0 spiro atoms. The lowest BCUT2D eigenvalue weighted by molar-refractivity contribution is -0.150. The minimum absolute atomic E-state index is 0.0506. The molecule has 0 aliphatic carbocycles. The normalized spacial score (nSPS) is 16.1. The lowest BCUT2D eigenvalue weighted by Gasteiger charge is -2.27. The van der Waals surface area contributed by atoms with Gasteiger partial charge in [0.15, 0.2) is 0 Å². The summed E-state index contributed by atoms with van der Waals surface area (Å²) < 4.78 is 26.9. The van der Waals surface area contributed by atoms with Gasteiger partial charge in [-0.2, -0.15) is 0 Å². The fourth-order valence-corrected chi connectivity index (χ4v) is 5.26. The standard InChI is InChI=1S/C28H33F2NO3S/c1-4-28(2,3)25(32)26(33)31-17-5-8-24(31)27(34)35-18-6-7-23(19-9-13-21(29)14-10-19)20-11-15-22(30)16-12-20/h9-16,23-24H,4-8,17-18H2,1-3H3/t24-/m0/s1. The van der Waals surface area contributed by atoms with Crippen molar-refractivity contribution >= 4 is 28.6 Å². The number of Topliss-reactive ketones (excluding diaryl/α,β-unsaturated/α-hetero) is 1. The third kappa shape index (κ3) is 6.78. The van der Waals surface area contributed by atoms with Crippen LogP contribution >= 0.6 is 11.8 Å². The smallest absolute Gasteiger partial charge is 0.291 e. The Morgan fingerprint density at radius 1 is 1.00 bits per heavy atom. The zero-order valence-electron chi connectivity index (χ0n) is 20.6. The molecule has 2 aromatic carbocycles. The molecule has 1 saturated heterocycles. The Bertz CT molecular complexity index is 992. The SMILES string of the molecule is CCC(C)(C)C(=O)C(=O)N1CCC[C@H]1C(=O)SCCCC(c1ccc(F)cc1)c1ccc(F)cc1. The van der Waals surface area contributed by atoms with Gasteiger partial charge < -0.3 is 4.90 Å². The molecule has 1 amide bonds. The number of carbonyl (C=O) groups is 3. The van der Waals surface area contributed by atoms with Gasteiger partial charge in [-0.15, -0.1) is 0 Å². The summed E-state index contributed by atoms with van der Waals surface area (Å²) in [4.78, 5) is 39.8. The van der Waals surface area contributed by atoms with Crippen LogP contribution in [-0.2, 0) is 14.4 Å². The number of likely N-dealkylation sites (tertiary alicyclic amines) is 1. The molecule has 35 heavy (non-hydrogen) atoms. The molecule has 0 N–H and O–H groups in total. The summed E-state index contributed by atoms with van der Waals surface area (Å²) in [6.07, 6.45) is 3.25. The maximum Gasteiger partial charge on any atom is 0.291 e. The van der Waals surface area contributed by atoms with Crippen LogP contribution in [0.25, 0.3) is 0 Å². The summed E-state index contributed by atoms with van der Waals surface area (Å²) in [6, 6.07) is 12.0. The first kappa shape index (κ1) is 27.1. The van der Waals surface area contributed by atoms with Crippen LogP contribution in [0.3, 0.4) is 0 Å². The van der Waals surface area contributed by atoms with Crippen LogP contribution in [0.2, 0.25) is 0 Å². The van der Waals surface area contributed by atoms with Gasteiger partial charge in [-0.1, -0.05) is 56.8 Å². The van der Waals surface area contributed by atoms with Crippen LogP contribution < -0.4 is 0 Å². The number of nitrogens with zero attached hydrogens (tertiary/aromatic N) is 1. The van der Waals surface area contributed by atoms with Gasteiger partial charge in [0.2, 0.25) is 10.9 Å². The summed E-state index contributed by atoms with van der Waals surface area (Å²) in [5.41, 5.74) is 1.12. The van der Waals surface area contributed by atoms with Gasteiger partial charge in [0.1, 0.15) is 17.7 Å². The topological polar surface area (TPSA) is 54.5 Å². The second-order valence-electron chi connectivity index (χ2n) is 9.69. The Morgan fingerprint density at radius 3 is 2.06 bits per heavy atom. The van der Waals surface area contributed by atoms with Crippen LogP contribution in [0.1, 0.15) is 69.9 Å². The molecule has 1 heterocycles. The molecule has 188 valence electrons. The number of rotatable bonds is 10. The lowest BCUT2D eigenvalue weighted by atomic mass is 9.84. The second kappa shape index (κ2) is 11.9. The van der Waals surface area contributed by atoms with Gasteiger partial charge in [0.25, 0.3) is 5.91 Å². The summed E-state index contributed by atoms with van der Waals surface area (Å²) in [6.45, 7) is 5.82. The molecule has 1 aliphatic rings. The molecular formula is C28H33F2NO3S. The number of hydrogen-bond acceptors (Lipinski definition) is 4. The first-order valence-corrected chi connectivity index (χ1v) is 13.2. The summed E-state index contributed by atoms with van der Waals surface area (Å²) in [5.74, 6) is -1.11. The van der Waals surface area contributed by atoms with E-state index in [1.165, 1.54) is 40.9 Å². The molecule has 2 aromatic rings. The number of hydrogen-bond donors (Lipinski definition) is 0. The van der Waals surface area contributed by atoms with Crippen molar-refractivity contribution in [1.29, 1.82) is 0 Å². The minimum Gasteiger partial charge on any atom is -0.325 e. The Balaban J connectivity index is 1.60. The molecule has 0 bridgehead atoms. The van der Waals surface area contributed by atoms with E-state index in [0.29, 0.717) is 44.4 Å². The van der Waals surface area contributed by atoms with Crippen molar-refractivity contribution in [3.05, 3.63) is 71.3 Å². The average molecular weight is 502 g/mol. The van der Waals surface area contributed by atoms with Crippen LogP contribution in [0.15, 0.2) is 48.5 Å². The highest BCUT2D eigenvalue weighted by molar-refractivity contribution is 8.13. The molecule has 0 unspecified atom stereocenters. The number of halogens is 2. The first-order chi connectivity index (χ1) is 16.6. The van der Waals surface area contributed by atoms with Gasteiger partial charge in [-0.3, -0.25) is 14.4 Å². The molecule has 0 aromatic heterocycles. The van der Waals surface area contributed by atoms with Crippen molar-refractivity contribution in [3.63, 3.8) is 0 Å². The molecule has 4 nitrogen and oxygen atoms in total. The Labute approximate surface area is 210 Å². The summed E-state index contributed by atoms with van der Waals surface area (Å²) >= 11 is 1.19. The Morgan fingerprint density at radius 2 is 1.54 bits per heavy atom. The Hall–Kier alpha value is -2.54. The highest BCUT2D eigenvalue weighted by atomic mass is 32.2. The predicted octanol–water partition coefficient (Wildman–Crippen LogP) is 6.13. The fourth-order valence-electron chi connectivity index (χ4n) is 4.31. The van der Waals surface area contributed by atoms with Crippen molar-refractivity contribution in [1.82, 2.24) is 4.90 Å². The third-order valence-electron chi connectivity index (χ3n) is 6.90. The minimum atomic E-state index is -0.740. The van der Waals surface area contributed by atoms with Crippen LogP contribution in [0.5, 0.6) is 0 Å². The van der Waals surface area contributed by atoms with Crippen molar-refractivity contribution in [2.24, 2.45) is 5.41 Å². The molecule has 3 rings (SSSR count). The molecule has 1 aliphatic heterocycles. The number of ketones is 1. The third-order valence-corrected chi connectivity index (χ3v) is 7.95. The molecule has 7 heteroatoms. The largest absolute Gasteiger partial charge is 0.325 e. The van der Waals surface area contributed by atoms with E-state index in [9.17, 15) is 23.2 Å². The zero-order chi connectivity index (χ0) is 25.6. The maximum absolute atomic E-state index is 13.4. The number of benzene rings is 2. The van der Waals surface area contributed by atoms with E-state index in [0.717, 1.165) is 11.1 Å². The molecule has 0 saturated carbocycles. The highest BCUT2D eigenvalue weighted by Gasteiger charge is 2.41. The summed E-state index contributed by atoms with van der Waals surface area (Å²) in [5, 5.41) is -0.0851. The van der Waals surface area contributed by atoms with E-state index in [-0.39, 0.29) is 22.7 Å². The summed E-state index contributed by atoms with van der Waals surface area (Å²) in [7, 11) is 0. The maximum atomic E-state index is 13.4. The van der Waals surface area contributed by atoms with Crippen molar-refractivity contribution < 1.29 is 23.2 Å². The van der Waals surface area contributed by atoms with Crippen LogP contribution in [-0.4, -0.2) is 40.0 Å². The predicted molar refractivity (Wildman–Crippen MR) is 135 cm³/mol. The van der Waals surface area contributed by atoms with Crippen molar-refractivity contribution in [2.45, 2.75) is 64.8 Å². The van der Waals surface area contributed by atoms with E-state index in [4.69, 9.17) is 0 Å². The van der Waals surface area contributed by atoms with Gasteiger partial charge in [-0.05, 0) is 67.5 Å². The monoisotopic (exact) mass is 501 g/mol. The molecule has 0 radical (unpaired) electrons. The van der Waals surface area contributed by atoms with E-state index in [1.54, 1.807) is 38.1 Å². The fraction of sp³-hybridized carbons (Fsp3) is 0.464. The van der Waals surface area contributed by atoms with E-state index in [1.807, 2.05) is 6.92 Å².